The van der Waals surface area contributed by atoms with Crippen LogP contribution in [0, 0.1) is 5.82 Å². The quantitative estimate of drug-likeness (QED) is 0.862. The summed E-state index contributed by atoms with van der Waals surface area (Å²) in [5.74, 6) is -0.258. The van der Waals surface area contributed by atoms with Gasteiger partial charge in [-0.3, -0.25) is 0 Å². The van der Waals surface area contributed by atoms with Crippen molar-refractivity contribution in [3.05, 3.63) is 71.0 Å². The molecule has 1 N–H and O–H groups in total. The molecule has 0 heterocycles. The van der Waals surface area contributed by atoms with Gasteiger partial charge in [-0.1, -0.05) is 36.9 Å². The van der Waals surface area contributed by atoms with Crippen LogP contribution in [0.3, 0.4) is 0 Å². The van der Waals surface area contributed by atoms with Gasteiger partial charge in [-0.15, -0.1) is 0 Å². The SMILES string of the molecule is C=C(CNc1cc(F)ccc1Br)c1ccccc1. The molecule has 2 aromatic rings. The van der Waals surface area contributed by atoms with Crippen molar-refractivity contribution in [1.82, 2.24) is 0 Å². The zero-order valence-electron chi connectivity index (χ0n) is 9.79. The monoisotopic (exact) mass is 305 g/mol. The fourth-order valence-corrected chi connectivity index (χ4v) is 2.00. The van der Waals surface area contributed by atoms with Crippen molar-refractivity contribution in [2.75, 3.05) is 11.9 Å². The van der Waals surface area contributed by atoms with Crippen molar-refractivity contribution in [2.24, 2.45) is 0 Å². The van der Waals surface area contributed by atoms with Crippen LogP contribution in [0.15, 0.2) is 59.6 Å². The molecule has 0 radical (unpaired) electrons. The predicted molar refractivity (Wildman–Crippen MR) is 78.1 cm³/mol. The molecule has 18 heavy (non-hydrogen) atoms. The normalized spacial score (nSPS) is 10.1. The number of halogens is 2. The number of hydrogen-bond acceptors (Lipinski definition) is 1. The lowest BCUT2D eigenvalue weighted by atomic mass is 10.1. The Morgan fingerprint density at radius 1 is 1.17 bits per heavy atom. The second kappa shape index (κ2) is 5.83. The molecule has 0 saturated heterocycles. The Balaban J connectivity index is 2.04. The maximum Gasteiger partial charge on any atom is 0.125 e. The van der Waals surface area contributed by atoms with Gasteiger partial charge in [-0.25, -0.2) is 4.39 Å². The van der Waals surface area contributed by atoms with Crippen LogP contribution in [0.4, 0.5) is 10.1 Å². The number of benzene rings is 2. The first-order chi connectivity index (χ1) is 8.66. The van der Waals surface area contributed by atoms with E-state index in [0.717, 1.165) is 21.3 Å². The molecule has 2 rings (SSSR count). The standard InChI is InChI=1S/C15H13BrFN/c1-11(12-5-3-2-4-6-12)10-18-15-9-13(17)7-8-14(15)16/h2-9,18H,1,10H2. The third kappa shape index (κ3) is 3.20. The van der Waals surface area contributed by atoms with Gasteiger partial charge in [0.25, 0.3) is 0 Å². The Hall–Kier alpha value is -1.61. The first-order valence-corrected chi connectivity index (χ1v) is 6.38. The van der Waals surface area contributed by atoms with Gasteiger partial charge in [-0.05, 0) is 45.3 Å². The zero-order valence-corrected chi connectivity index (χ0v) is 11.4. The van der Waals surface area contributed by atoms with Gasteiger partial charge in [0.15, 0.2) is 0 Å². The highest BCUT2D eigenvalue weighted by Crippen LogP contribution is 2.24. The summed E-state index contributed by atoms with van der Waals surface area (Å²) in [4.78, 5) is 0. The summed E-state index contributed by atoms with van der Waals surface area (Å²) in [6.45, 7) is 4.60. The van der Waals surface area contributed by atoms with Gasteiger partial charge >= 0.3 is 0 Å². The summed E-state index contributed by atoms with van der Waals surface area (Å²) in [6.07, 6.45) is 0. The molecule has 0 aliphatic heterocycles. The molecule has 0 saturated carbocycles. The van der Waals surface area contributed by atoms with Gasteiger partial charge in [0, 0.05) is 11.0 Å². The Morgan fingerprint density at radius 2 is 1.89 bits per heavy atom. The average Bonchev–Trinajstić information content (AvgIpc) is 2.40. The molecule has 0 atom stereocenters. The average molecular weight is 306 g/mol. The molecule has 2 aromatic carbocycles. The number of rotatable bonds is 4. The molecular formula is C15H13BrFN. The van der Waals surface area contributed by atoms with Crippen LogP contribution in [0.2, 0.25) is 0 Å². The molecule has 0 bridgehead atoms. The van der Waals surface area contributed by atoms with E-state index in [0.29, 0.717) is 6.54 Å². The highest BCUT2D eigenvalue weighted by atomic mass is 79.9. The lowest BCUT2D eigenvalue weighted by Gasteiger charge is -2.11. The second-order valence-corrected chi connectivity index (χ2v) is 4.80. The molecule has 0 aromatic heterocycles. The number of anilines is 1. The van der Waals surface area contributed by atoms with Crippen LogP contribution < -0.4 is 5.32 Å². The maximum atomic E-state index is 13.1. The Labute approximate surface area is 114 Å². The van der Waals surface area contributed by atoms with Gasteiger partial charge in [-0.2, -0.15) is 0 Å². The topological polar surface area (TPSA) is 12.0 Å². The van der Waals surface area contributed by atoms with E-state index in [2.05, 4.69) is 27.8 Å². The number of hydrogen-bond donors (Lipinski definition) is 1. The van der Waals surface area contributed by atoms with Crippen molar-refractivity contribution in [2.45, 2.75) is 0 Å². The summed E-state index contributed by atoms with van der Waals surface area (Å²) >= 11 is 3.38. The zero-order chi connectivity index (χ0) is 13.0. The van der Waals surface area contributed by atoms with Crippen LogP contribution in [0.1, 0.15) is 5.56 Å². The summed E-state index contributed by atoms with van der Waals surface area (Å²) in [5, 5.41) is 3.17. The second-order valence-electron chi connectivity index (χ2n) is 3.95. The molecule has 0 spiro atoms. The highest BCUT2D eigenvalue weighted by Gasteiger charge is 2.03. The molecule has 0 unspecified atom stereocenters. The highest BCUT2D eigenvalue weighted by molar-refractivity contribution is 9.10. The molecule has 0 aliphatic carbocycles. The smallest absolute Gasteiger partial charge is 0.125 e. The van der Waals surface area contributed by atoms with Crippen molar-refractivity contribution in [1.29, 1.82) is 0 Å². The minimum absolute atomic E-state index is 0.258. The Kier molecular flexibility index (Phi) is 4.15. The van der Waals surface area contributed by atoms with E-state index in [-0.39, 0.29) is 5.82 Å². The fourth-order valence-electron chi connectivity index (χ4n) is 1.61. The van der Waals surface area contributed by atoms with Crippen LogP contribution in [0.25, 0.3) is 5.57 Å². The van der Waals surface area contributed by atoms with Gasteiger partial charge in [0.2, 0.25) is 0 Å². The molecule has 0 fully saturated rings. The van der Waals surface area contributed by atoms with E-state index in [9.17, 15) is 4.39 Å². The van der Waals surface area contributed by atoms with Crippen molar-refractivity contribution < 1.29 is 4.39 Å². The molecule has 3 heteroatoms. The van der Waals surface area contributed by atoms with E-state index < -0.39 is 0 Å². The summed E-state index contributed by atoms with van der Waals surface area (Å²) in [6, 6.07) is 14.5. The lowest BCUT2D eigenvalue weighted by molar-refractivity contribution is 0.628. The van der Waals surface area contributed by atoms with E-state index in [1.165, 1.54) is 12.1 Å². The Morgan fingerprint density at radius 3 is 2.61 bits per heavy atom. The van der Waals surface area contributed by atoms with Crippen molar-refractivity contribution in [3.8, 4) is 0 Å². The van der Waals surface area contributed by atoms with E-state index in [4.69, 9.17) is 0 Å². The first kappa shape index (κ1) is 12.8. The molecular weight excluding hydrogens is 293 g/mol. The minimum Gasteiger partial charge on any atom is -0.380 e. The summed E-state index contributed by atoms with van der Waals surface area (Å²) in [5.41, 5.74) is 2.77. The third-order valence-electron chi connectivity index (χ3n) is 2.60. The molecule has 0 aliphatic rings. The van der Waals surface area contributed by atoms with E-state index >= 15 is 0 Å². The van der Waals surface area contributed by atoms with Gasteiger partial charge in [0.1, 0.15) is 5.82 Å². The minimum atomic E-state index is -0.258. The number of nitrogens with one attached hydrogen (secondary N) is 1. The lowest BCUT2D eigenvalue weighted by Crippen LogP contribution is -2.04. The van der Waals surface area contributed by atoms with Crippen molar-refractivity contribution in [3.63, 3.8) is 0 Å². The van der Waals surface area contributed by atoms with Crippen LogP contribution in [0.5, 0.6) is 0 Å². The summed E-state index contributed by atoms with van der Waals surface area (Å²) < 4.78 is 13.9. The fraction of sp³-hybridized carbons (Fsp3) is 0.0667. The first-order valence-electron chi connectivity index (χ1n) is 5.59. The van der Waals surface area contributed by atoms with Gasteiger partial charge < -0.3 is 5.32 Å². The van der Waals surface area contributed by atoms with E-state index in [1.807, 2.05) is 30.3 Å². The molecule has 92 valence electrons. The maximum absolute atomic E-state index is 13.1. The third-order valence-corrected chi connectivity index (χ3v) is 3.29. The van der Waals surface area contributed by atoms with E-state index in [1.54, 1.807) is 6.07 Å². The molecule has 1 nitrogen and oxygen atoms in total. The molecule has 0 amide bonds. The van der Waals surface area contributed by atoms with Crippen LogP contribution >= 0.6 is 15.9 Å². The van der Waals surface area contributed by atoms with Crippen molar-refractivity contribution >= 4 is 27.2 Å². The van der Waals surface area contributed by atoms with Crippen LogP contribution in [-0.4, -0.2) is 6.54 Å². The Bertz CT molecular complexity index is 552. The van der Waals surface area contributed by atoms with Gasteiger partial charge in [0.05, 0.1) is 5.69 Å². The predicted octanol–water partition coefficient (Wildman–Crippen LogP) is 4.71. The largest absolute Gasteiger partial charge is 0.380 e. The van der Waals surface area contributed by atoms with Crippen LogP contribution in [-0.2, 0) is 0 Å². The summed E-state index contributed by atoms with van der Waals surface area (Å²) in [7, 11) is 0.